The summed E-state index contributed by atoms with van der Waals surface area (Å²) in [6, 6.07) is 2.64. The molecule has 0 radical (unpaired) electrons. The number of hydrogen-bond donors (Lipinski definition) is 1. The summed E-state index contributed by atoms with van der Waals surface area (Å²) in [4.78, 5) is 63.0. The van der Waals surface area contributed by atoms with Crippen LogP contribution in [0.25, 0.3) is 10.8 Å². The number of benzene rings is 1. The number of ether oxygens (including phenoxy) is 3. The van der Waals surface area contributed by atoms with E-state index in [1.54, 1.807) is 25.1 Å². The molecule has 2 saturated carbocycles. The van der Waals surface area contributed by atoms with E-state index in [9.17, 15) is 40.4 Å². The molecule has 4 aliphatic rings. The molecule has 59 heavy (non-hydrogen) atoms. The number of carbonyl (C=O) groups is 4. The van der Waals surface area contributed by atoms with Crippen LogP contribution in [0.5, 0.6) is 11.6 Å². The lowest BCUT2D eigenvalue weighted by Crippen LogP contribution is -2.49. The van der Waals surface area contributed by atoms with Crippen LogP contribution < -0.4 is 14.2 Å². The molecule has 2 amide bonds. The molecule has 2 aliphatic heterocycles. The summed E-state index contributed by atoms with van der Waals surface area (Å²) in [7, 11) is -2.87. The number of aromatic nitrogens is 1. The highest BCUT2D eigenvalue weighted by Crippen LogP contribution is 2.58. The predicted molar refractivity (Wildman–Crippen MR) is 208 cm³/mol. The zero-order chi connectivity index (χ0) is 48.3. The lowest BCUT2D eigenvalue weighted by atomic mass is 9.79. The van der Waals surface area contributed by atoms with E-state index < -0.39 is 124 Å². The summed E-state index contributed by atoms with van der Waals surface area (Å²) in [5.41, 5.74) is -6.51. The number of sulfonamides is 1. The molecule has 12 nitrogen and oxygen atoms in total. The quantitative estimate of drug-likeness (QED) is 0.150. The van der Waals surface area contributed by atoms with Crippen molar-refractivity contribution in [1.82, 2.24) is 14.6 Å². The highest BCUT2D eigenvalue weighted by molar-refractivity contribution is 7.91. The monoisotopic (exact) mass is 857 g/mol. The lowest BCUT2D eigenvalue weighted by Gasteiger charge is -2.34. The number of pyridine rings is 1. The first-order valence-electron chi connectivity index (χ1n) is 22.7. The Hall–Kier alpha value is -4.28. The molecule has 0 unspecified atom stereocenters. The van der Waals surface area contributed by atoms with E-state index in [1.165, 1.54) is 26.3 Å². The fourth-order valence-corrected chi connectivity index (χ4v) is 9.68. The molecule has 1 aromatic carbocycles. The molecule has 2 aliphatic carbocycles. The van der Waals surface area contributed by atoms with Crippen molar-refractivity contribution in [2.75, 3.05) is 13.7 Å². The number of methoxy groups -OCH3 is 1. The molecule has 3 fully saturated rings. The van der Waals surface area contributed by atoms with Gasteiger partial charge in [-0.3, -0.25) is 23.9 Å². The van der Waals surface area contributed by atoms with E-state index in [-0.39, 0.29) is 48.6 Å². The average molecular weight is 858 g/mol. The van der Waals surface area contributed by atoms with Crippen LogP contribution in [0.2, 0.25) is 0 Å². The maximum absolute atomic E-state index is 15.1. The topological polar surface area (TPSA) is 158 Å². The SMILES string of the molecule is [2H]C([2H])([2H])C(OC(=O)C[C@@H]1C(=O)N2C[C@H](Oc3nccc4cc(OC)c(F)cc34)C[C@H]2C(=O)C[C@]2(C(=O)NS(=O)(=O)C3(C)CC3)C[C@H]2/C=C\CC[C@@H](C)C[C@H]1CC)(C([2H])([2H])[2H])C(F)(F)F. The highest BCUT2D eigenvalue weighted by atomic mass is 32.2. The lowest BCUT2D eigenvalue weighted by molar-refractivity contribution is -0.257. The third-order valence-corrected chi connectivity index (χ3v) is 14.6. The van der Waals surface area contributed by atoms with Gasteiger partial charge in [-0.05, 0) is 100 Å². The molecule has 0 bridgehead atoms. The van der Waals surface area contributed by atoms with Crippen LogP contribution in [0.1, 0.15) is 107 Å². The summed E-state index contributed by atoms with van der Waals surface area (Å²) in [5, 5.41) is 0.644. The normalized spacial score (nSPS) is 31.3. The molecule has 6 rings (SSSR count). The van der Waals surface area contributed by atoms with E-state index in [2.05, 4.69) is 14.4 Å². The predicted octanol–water partition coefficient (Wildman–Crippen LogP) is 6.99. The third kappa shape index (κ3) is 9.09. The minimum Gasteiger partial charge on any atom is -0.494 e. The van der Waals surface area contributed by atoms with Crippen molar-refractivity contribution in [3.8, 4) is 11.6 Å². The summed E-state index contributed by atoms with van der Waals surface area (Å²) < 4.78 is 148. The van der Waals surface area contributed by atoms with Gasteiger partial charge in [0, 0.05) is 32.6 Å². The van der Waals surface area contributed by atoms with Crippen molar-refractivity contribution in [2.45, 2.75) is 127 Å². The summed E-state index contributed by atoms with van der Waals surface area (Å²) in [6.45, 7) is -4.29. The maximum Gasteiger partial charge on any atom is 0.427 e. The van der Waals surface area contributed by atoms with Crippen molar-refractivity contribution in [3.63, 3.8) is 0 Å². The van der Waals surface area contributed by atoms with Crippen LogP contribution in [0, 0.1) is 34.9 Å². The second-order valence-electron chi connectivity index (χ2n) is 16.8. The maximum atomic E-state index is 15.1. The van der Waals surface area contributed by atoms with Crippen LogP contribution >= 0.6 is 0 Å². The minimum atomic E-state index is -6.13. The van der Waals surface area contributed by atoms with Gasteiger partial charge in [0.05, 0.1) is 42.2 Å². The van der Waals surface area contributed by atoms with Gasteiger partial charge in [0.25, 0.3) is 0 Å². The number of allylic oxidation sites excluding steroid dienone is 2. The number of rotatable bonds is 10. The Kier molecular flexibility index (Phi) is 10.1. The first-order chi connectivity index (χ1) is 30.0. The minimum absolute atomic E-state index is 0.0718. The summed E-state index contributed by atoms with van der Waals surface area (Å²) in [5.74, 6) is -8.59. The van der Waals surface area contributed by atoms with E-state index in [0.29, 0.717) is 31.1 Å². The van der Waals surface area contributed by atoms with Gasteiger partial charge in [0.2, 0.25) is 33.3 Å². The molecule has 1 aromatic heterocycles. The van der Waals surface area contributed by atoms with Gasteiger partial charge in [0.15, 0.2) is 17.3 Å². The van der Waals surface area contributed by atoms with Crippen molar-refractivity contribution in [3.05, 3.63) is 42.4 Å². The van der Waals surface area contributed by atoms with Crippen LogP contribution in [0.4, 0.5) is 17.6 Å². The largest absolute Gasteiger partial charge is 0.494 e. The van der Waals surface area contributed by atoms with Gasteiger partial charge >= 0.3 is 12.1 Å². The van der Waals surface area contributed by atoms with Gasteiger partial charge in [-0.25, -0.2) is 17.8 Å². The number of nitrogens with zero attached hydrogens (tertiary/aromatic N) is 2. The summed E-state index contributed by atoms with van der Waals surface area (Å²) >= 11 is 0. The Morgan fingerprint density at radius 1 is 1.15 bits per heavy atom. The van der Waals surface area contributed by atoms with Crippen LogP contribution in [-0.2, 0) is 33.9 Å². The van der Waals surface area contributed by atoms with Gasteiger partial charge in [-0.2, -0.15) is 13.2 Å². The standard InChI is InChI=1S/C42H53F4N3O9S/c1-7-25-16-24(2)10-8-9-11-27-21-41(27,38(53)48-59(54,55)40(5)13-14-40)22-33(50)32-18-28(57-36-29-19-31(43)34(56-6)17-26(29)12-15-47-36)23-49(32)37(52)30(25)20-35(51)58-39(3,4)42(44,45)46/h9,11-12,15,17,19,24-25,27-28,30,32H,7-8,10,13-14,16,18,20-23H2,1-6H3,(H,48,53)/b11-9-/t24-,25-,27-,28-,30+,32+,41-/m1/s1/i3D3,4D3. The molecule has 17 heteroatoms. The van der Waals surface area contributed by atoms with E-state index in [4.69, 9.17) is 17.7 Å². The number of hydrogen-bond acceptors (Lipinski definition) is 10. The van der Waals surface area contributed by atoms with Gasteiger partial charge in [-0.1, -0.05) is 32.4 Å². The third-order valence-electron chi connectivity index (χ3n) is 12.5. The van der Waals surface area contributed by atoms with Crippen molar-refractivity contribution in [1.29, 1.82) is 0 Å². The second kappa shape index (κ2) is 16.3. The Bertz CT molecular complexity index is 2310. The zero-order valence-electron chi connectivity index (χ0n) is 39.2. The van der Waals surface area contributed by atoms with Crippen LogP contribution in [0.3, 0.4) is 0 Å². The zero-order valence-corrected chi connectivity index (χ0v) is 34.0. The summed E-state index contributed by atoms with van der Waals surface area (Å²) in [6.07, 6.45) is -2.30. The number of esters is 1. The Morgan fingerprint density at radius 2 is 1.88 bits per heavy atom. The molecular weight excluding hydrogens is 799 g/mol. The Labute approximate surface area is 350 Å². The molecule has 7 atom stereocenters. The van der Waals surface area contributed by atoms with E-state index >= 15 is 4.79 Å². The van der Waals surface area contributed by atoms with Crippen LogP contribution in [-0.4, -0.2) is 84.2 Å². The van der Waals surface area contributed by atoms with E-state index in [1.807, 2.05) is 6.92 Å². The molecule has 0 spiro atoms. The molecule has 324 valence electrons. The number of halogens is 4. The molecular formula is C42H53F4N3O9S. The van der Waals surface area contributed by atoms with Gasteiger partial charge < -0.3 is 19.1 Å². The fraction of sp³-hybridized carbons (Fsp3) is 0.643. The molecule has 1 N–H and O–H groups in total. The Balaban J connectivity index is 1.41. The fourth-order valence-electron chi connectivity index (χ4n) is 8.35. The molecule has 3 heterocycles. The van der Waals surface area contributed by atoms with Crippen molar-refractivity contribution >= 4 is 44.4 Å². The highest BCUT2D eigenvalue weighted by Gasteiger charge is 2.63. The number of ketones is 1. The number of fused-ring (bicyclic) bond motifs is 3. The Morgan fingerprint density at radius 3 is 2.53 bits per heavy atom. The first kappa shape index (κ1) is 36.6. The second-order valence-corrected chi connectivity index (χ2v) is 19.0. The number of Topliss-reactive ketones (excluding diaryl/α,β-unsaturated/α-hetero) is 1. The van der Waals surface area contributed by atoms with Crippen molar-refractivity contribution < 1.29 is 67.6 Å². The van der Waals surface area contributed by atoms with Gasteiger partial charge in [0.1, 0.15) is 6.10 Å². The smallest absolute Gasteiger partial charge is 0.427 e. The van der Waals surface area contributed by atoms with Gasteiger partial charge in [-0.15, -0.1) is 0 Å². The first-order valence-corrected chi connectivity index (χ1v) is 21.2. The van der Waals surface area contributed by atoms with E-state index in [0.717, 1.165) is 11.0 Å². The number of alkyl halides is 3. The average Bonchev–Trinajstić information content (AvgIpc) is 4.08. The van der Waals surface area contributed by atoms with Crippen molar-refractivity contribution in [2.24, 2.45) is 29.1 Å². The molecule has 1 saturated heterocycles. The number of amides is 2. The van der Waals surface area contributed by atoms with Crippen LogP contribution in [0.15, 0.2) is 36.5 Å². The number of nitrogens with one attached hydrogen (secondary N) is 1. The molecule has 2 aromatic rings. The number of carbonyl (C=O) groups excluding carboxylic acids is 4.